The predicted molar refractivity (Wildman–Crippen MR) is 81.3 cm³/mol. The van der Waals surface area contributed by atoms with Crippen molar-refractivity contribution in [3.63, 3.8) is 0 Å². The summed E-state index contributed by atoms with van der Waals surface area (Å²) < 4.78 is 82.3. The summed E-state index contributed by atoms with van der Waals surface area (Å²) in [6, 6.07) is -0.137. The summed E-state index contributed by atoms with van der Waals surface area (Å²) in [5, 5.41) is 2.52. The molecule has 3 nitrogen and oxygen atoms in total. The van der Waals surface area contributed by atoms with E-state index in [1.807, 2.05) is 0 Å². The first-order chi connectivity index (χ1) is 11.9. The summed E-state index contributed by atoms with van der Waals surface area (Å²) in [5.74, 6) is -1.11. The van der Waals surface area contributed by atoms with E-state index in [0.717, 1.165) is 0 Å². The fraction of sp³-hybridized carbons (Fsp3) is 0.312. The van der Waals surface area contributed by atoms with E-state index in [2.05, 4.69) is 5.32 Å². The van der Waals surface area contributed by atoms with Gasteiger partial charge in [-0.2, -0.15) is 26.3 Å². The Morgan fingerprint density at radius 3 is 2.12 bits per heavy atom. The second kappa shape index (κ2) is 7.22. The zero-order valence-corrected chi connectivity index (χ0v) is 13.8. The quantitative estimate of drug-likeness (QED) is 0.736. The summed E-state index contributed by atoms with van der Waals surface area (Å²) in [7, 11) is 0. The van der Waals surface area contributed by atoms with Gasteiger partial charge in [0.25, 0.3) is 5.91 Å². The van der Waals surface area contributed by atoms with Crippen LogP contribution in [0.3, 0.4) is 0 Å². The van der Waals surface area contributed by atoms with Crippen molar-refractivity contribution < 1.29 is 35.9 Å². The van der Waals surface area contributed by atoms with Gasteiger partial charge in [0.2, 0.25) is 0 Å². The van der Waals surface area contributed by atoms with Gasteiger partial charge in [-0.05, 0) is 37.3 Å². The van der Waals surface area contributed by atoms with E-state index >= 15 is 0 Å². The molecule has 0 fully saturated rings. The van der Waals surface area contributed by atoms with Crippen LogP contribution in [0.1, 0.15) is 28.4 Å². The number of amides is 1. The molecule has 0 aromatic heterocycles. The van der Waals surface area contributed by atoms with Crippen LogP contribution in [0.15, 0.2) is 41.6 Å². The van der Waals surface area contributed by atoms with Gasteiger partial charge in [0, 0.05) is 5.56 Å². The Kier molecular flexibility index (Phi) is 5.60. The maximum absolute atomic E-state index is 12.9. The van der Waals surface area contributed by atoms with Gasteiger partial charge in [0.1, 0.15) is 0 Å². The fourth-order valence-electron chi connectivity index (χ4n) is 2.23. The molecule has 1 N–H and O–H groups in total. The Hall–Kier alpha value is -2.16. The van der Waals surface area contributed by atoms with Gasteiger partial charge in [0.15, 0.2) is 6.10 Å². The Balaban J connectivity index is 2.30. The van der Waals surface area contributed by atoms with Crippen molar-refractivity contribution in [1.82, 2.24) is 5.32 Å². The number of halogens is 7. The van der Waals surface area contributed by atoms with Crippen molar-refractivity contribution in [2.24, 2.45) is 0 Å². The molecule has 2 unspecified atom stereocenters. The lowest BCUT2D eigenvalue weighted by Gasteiger charge is -2.25. The first kappa shape index (κ1) is 20.2. The van der Waals surface area contributed by atoms with E-state index in [1.165, 1.54) is 25.3 Å². The molecule has 2 rings (SSSR count). The van der Waals surface area contributed by atoms with Gasteiger partial charge in [-0.25, -0.2) is 0 Å². The van der Waals surface area contributed by atoms with E-state index in [1.54, 1.807) is 0 Å². The van der Waals surface area contributed by atoms with E-state index < -0.39 is 47.1 Å². The molecular formula is C16H12ClF6NO2. The summed E-state index contributed by atoms with van der Waals surface area (Å²) in [6.45, 7) is 1.45. The molecule has 142 valence electrons. The van der Waals surface area contributed by atoms with Crippen LogP contribution in [0, 0.1) is 0 Å². The number of allylic oxidation sites excluding steroid dienone is 2. The molecule has 1 heterocycles. The lowest BCUT2D eigenvalue weighted by atomic mass is 10.0. The Morgan fingerprint density at radius 1 is 1.12 bits per heavy atom. The van der Waals surface area contributed by atoms with E-state index in [9.17, 15) is 31.1 Å². The molecule has 26 heavy (non-hydrogen) atoms. The highest BCUT2D eigenvalue weighted by Crippen LogP contribution is 2.36. The molecule has 0 spiro atoms. The molecule has 1 aromatic carbocycles. The maximum Gasteiger partial charge on any atom is 0.416 e. The molecule has 1 amide bonds. The van der Waals surface area contributed by atoms with E-state index in [-0.39, 0.29) is 11.1 Å². The van der Waals surface area contributed by atoms with Gasteiger partial charge in [-0.1, -0.05) is 11.6 Å². The van der Waals surface area contributed by atoms with E-state index in [4.69, 9.17) is 16.3 Å². The average Bonchev–Trinajstić information content (AvgIpc) is 2.53. The monoisotopic (exact) mass is 399 g/mol. The third kappa shape index (κ3) is 4.72. The third-order valence-electron chi connectivity index (χ3n) is 3.49. The van der Waals surface area contributed by atoms with Crippen molar-refractivity contribution in [2.45, 2.75) is 31.4 Å². The fourth-order valence-corrected chi connectivity index (χ4v) is 2.54. The van der Waals surface area contributed by atoms with Crippen LogP contribution in [-0.4, -0.2) is 18.1 Å². The number of hydrogen-bond acceptors (Lipinski definition) is 2. The minimum Gasteiger partial charge on any atom is -0.490 e. The number of hydrogen-bond donors (Lipinski definition) is 1. The molecule has 1 aliphatic rings. The molecule has 0 bridgehead atoms. The lowest BCUT2D eigenvalue weighted by molar-refractivity contribution is -0.143. The molecule has 2 atom stereocenters. The second-order valence-electron chi connectivity index (χ2n) is 5.49. The number of benzene rings is 1. The Labute approximate surface area is 149 Å². The SMILES string of the molecule is CC(NC(=O)c1cc(C(F)(F)F)cc(C(F)(F)F)c1)C1OC=CC=C1Cl. The minimum absolute atomic E-state index is 0.0468. The highest BCUT2D eigenvalue weighted by molar-refractivity contribution is 6.30. The number of nitrogens with one attached hydrogen (secondary N) is 1. The van der Waals surface area contributed by atoms with Crippen LogP contribution >= 0.6 is 11.6 Å². The molecule has 0 saturated heterocycles. The Bertz CT molecular complexity index is 722. The number of ether oxygens (including phenoxy) is 1. The number of rotatable bonds is 3. The molecule has 0 aliphatic carbocycles. The van der Waals surface area contributed by atoms with Crippen molar-refractivity contribution >= 4 is 17.5 Å². The van der Waals surface area contributed by atoms with Crippen LogP contribution in [0.4, 0.5) is 26.3 Å². The van der Waals surface area contributed by atoms with E-state index in [0.29, 0.717) is 12.1 Å². The normalized spacial score (nSPS) is 18.8. The number of carbonyl (C=O) groups excluding carboxylic acids is 1. The summed E-state index contributed by atoms with van der Waals surface area (Å²) in [6.07, 6.45) is -6.60. The van der Waals surface area contributed by atoms with Crippen LogP contribution in [-0.2, 0) is 17.1 Å². The van der Waals surface area contributed by atoms with Gasteiger partial charge in [-0.15, -0.1) is 0 Å². The average molecular weight is 400 g/mol. The van der Waals surface area contributed by atoms with Crippen molar-refractivity contribution in [3.05, 3.63) is 58.3 Å². The first-order valence-electron chi connectivity index (χ1n) is 7.17. The second-order valence-corrected chi connectivity index (χ2v) is 5.93. The summed E-state index contributed by atoms with van der Waals surface area (Å²) in [5.41, 5.74) is -3.91. The van der Waals surface area contributed by atoms with Crippen LogP contribution < -0.4 is 5.32 Å². The highest BCUT2D eigenvalue weighted by atomic mass is 35.5. The minimum atomic E-state index is -5.04. The largest absolute Gasteiger partial charge is 0.490 e. The standard InChI is InChI=1S/C16H12ClF6NO2/c1-8(13-12(17)3-2-4-26-13)24-14(25)9-5-10(15(18,19)20)7-11(6-9)16(21,22)23/h2-8,13H,1H3,(H,24,25). The van der Waals surface area contributed by atoms with Gasteiger partial charge >= 0.3 is 12.4 Å². The summed E-state index contributed by atoms with van der Waals surface area (Å²) >= 11 is 5.91. The highest BCUT2D eigenvalue weighted by Gasteiger charge is 2.37. The Morgan fingerprint density at radius 2 is 1.65 bits per heavy atom. The smallest absolute Gasteiger partial charge is 0.416 e. The molecule has 10 heteroatoms. The van der Waals surface area contributed by atoms with Gasteiger partial charge in [-0.3, -0.25) is 4.79 Å². The topological polar surface area (TPSA) is 38.3 Å². The number of carbonyl (C=O) groups is 1. The van der Waals surface area contributed by atoms with Crippen LogP contribution in [0.2, 0.25) is 0 Å². The van der Waals surface area contributed by atoms with Crippen LogP contribution in [0.5, 0.6) is 0 Å². The molecular weight excluding hydrogens is 388 g/mol. The van der Waals surface area contributed by atoms with Crippen LogP contribution in [0.25, 0.3) is 0 Å². The third-order valence-corrected chi connectivity index (χ3v) is 3.83. The lowest BCUT2D eigenvalue weighted by Crippen LogP contribution is -2.42. The van der Waals surface area contributed by atoms with Gasteiger partial charge < -0.3 is 10.1 Å². The molecule has 1 aliphatic heterocycles. The number of alkyl halides is 6. The maximum atomic E-state index is 12.9. The van der Waals surface area contributed by atoms with Crippen molar-refractivity contribution in [2.75, 3.05) is 0 Å². The molecule has 0 radical (unpaired) electrons. The summed E-state index contributed by atoms with van der Waals surface area (Å²) in [4.78, 5) is 12.2. The molecule has 1 aromatic rings. The first-order valence-corrected chi connectivity index (χ1v) is 7.55. The zero-order valence-electron chi connectivity index (χ0n) is 13.1. The zero-order chi connectivity index (χ0) is 19.7. The predicted octanol–water partition coefficient (Wildman–Crippen LogP) is 4.88. The molecule has 0 saturated carbocycles. The van der Waals surface area contributed by atoms with Gasteiger partial charge in [0.05, 0.1) is 28.5 Å². The van der Waals surface area contributed by atoms with Crippen molar-refractivity contribution in [1.29, 1.82) is 0 Å². The van der Waals surface area contributed by atoms with Crippen molar-refractivity contribution in [3.8, 4) is 0 Å².